The molecule has 21 heavy (non-hydrogen) atoms. The van der Waals surface area contributed by atoms with Gasteiger partial charge in [0.25, 0.3) is 5.89 Å². The molecule has 0 aromatic carbocycles. The van der Waals surface area contributed by atoms with E-state index in [-0.39, 0.29) is 24.3 Å². The van der Waals surface area contributed by atoms with Gasteiger partial charge in [-0.2, -0.15) is 4.98 Å². The van der Waals surface area contributed by atoms with E-state index in [1.165, 1.54) is 20.5 Å². The molecule has 2 rings (SSSR count). The number of methoxy groups -OCH3 is 2. The lowest BCUT2D eigenvalue weighted by Gasteiger charge is -2.07. The van der Waals surface area contributed by atoms with E-state index in [0.29, 0.717) is 29.6 Å². The van der Waals surface area contributed by atoms with Gasteiger partial charge in [-0.1, -0.05) is 5.16 Å². The van der Waals surface area contributed by atoms with Gasteiger partial charge in [0.05, 0.1) is 14.2 Å². The second-order valence-electron chi connectivity index (χ2n) is 4.18. The van der Waals surface area contributed by atoms with Crippen molar-refractivity contribution in [3.05, 3.63) is 12.2 Å². The minimum absolute atomic E-state index is 0. The fraction of sp³-hybridized carbons (Fsp3) is 0.500. The van der Waals surface area contributed by atoms with Gasteiger partial charge >= 0.3 is 0 Å². The van der Waals surface area contributed by atoms with Crippen molar-refractivity contribution < 1.29 is 14.0 Å². The molecule has 0 bridgehead atoms. The van der Waals surface area contributed by atoms with E-state index < -0.39 is 0 Å². The molecule has 1 atom stereocenters. The zero-order chi connectivity index (χ0) is 14.5. The SMILES string of the molecule is CNC(C)Cc1noc(-c2c(OC)ncnc2OC)n1.Cl. The topological polar surface area (TPSA) is 95.2 Å². The summed E-state index contributed by atoms with van der Waals surface area (Å²) < 4.78 is 15.6. The lowest BCUT2D eigenvalue weighted by atomic mass is 10.2. The van der Waals surface area contributed by atoms with Crippen LogP contribution >= 0.6 is 12.4 Å². The van der Waals surface area contributed by atoms with Gasteiger partial charge in [-0.05, 0) is 14.0 Å². The first kappa shape index (κ1) is 17.1. The molecule has 2 aromatic rings. The van der Waals surface area contributed by atoms with Crippen molar-refractivity contribution in [1.29, 1.82) is 0 Å². The lowest BCUT2D eigenvalue weighted by molar-refractivity contribution is 0.365. The van der Waals surface area contributed by atoms with E-state index in [4.69, 9.17) is 14.0 Å². The standard InChI is InChI=1S/C12H17N5O3.ClH/c1-7(13-2)5-8-16-12(20-17-8)9-10(18-3)14-6-15-11(9)19-4;/h6-7,13H,5H2,1-4H3;1H. The Labute approximate surface area is 128 Å². The summed E-state index contributed by atoms with van der Waals surface area (Å²) in [6, 6.07) is 0.247. The molecule has 0 saturated carbocycles. The van der Waals surface area contributed by atoms with Crippen LogP contribution in [0.2, 0.25) is 0 Å². The van der Waals surface area contributed by atoms with Gasteiger partial charge in [-0.15, -0.1) is 12.4 Å². The molecule has 8 nitrogen and oxygen atoms in total. The summed E-state index contributed by atoms with van der Waals surface area (Å²) in [6.07, 6.45) is 2.00. The Morgan fingerprint density at radius 1 is 1.24 bits per heavy atom. The van der Waals surface area contributed by atoms with Gasteiger partial charge in [0.2, 0.25) is 11.8 Å². The van der Waals surface area contributed by atoms with Gasteiger partial charge in [-0.25, -0.2) is 9.97 Å². The van der Waals surface area contributed by atoms with Crippen molar-refractivity contribution in [2.24, 2.45) is 0 Å². The molecule has 0 fully saturated rings. The molecule has 0 saturated heterocycles. The highest BCUT2D eigenvalue weighted by atomic mass is 35.5. The predicted octanol–water partition coefficient (Wildman–Crippen LogP) is 1.12. The smallest absolute Gasteiger partial charge is 0.268 e. The molecule has 2 aromatic heterocycles. The lowest BCUT2D eigenvalue weighted by Crippen LogP contribution is -2.24. The summed E-state index contributed by atoms with van der Waals surface area (Å²) in [5.41, 5.74) is 0.452. The van der Waals surface area contributed by atoms with Gasteiger partial charge in [-0.3, -0.25) is 0 Å². The van der Waals surface area contributed by atoms with Crippen LogP contribution in [-0.2, 0) is 6.42 Å². The Balaban J connectivity index is 0.00000220. The molecule has 2 heterocycles. The molecular weight excluding hydrogens is 298 g/mol. The Kier molecular flexibility index (Phi) is 6.32. The van der Waals surface area contributed by atoms with Crippen molar-refractivity contribution in [3.63, 3.8) is 0 Å². The molecule has 1 unspecified atom stereocenters. The maximum atomic E-state index is 5.25. The number of halogens is 1. The second-order valence-corrected chi connectivity index (χ2v) is 4.18. The number of nitrogens with one attached hydrogen (secondary N) is 1. The molecule has 0 radical (unpaired) electrons. The van der Waals surface area contributed by atoms with E-state index in [1.807, 2.05) is 14.0 Å². The summed E-state index contributed by atoms with van der Waals surface area (Å²) in [5, 5.41) is 7.05. The molecule has 116 valence electrons. The zero-order valence-electron chi connectivity index (χ0n) is 12.3. The molecule has 0 amide bonds. The zero-order valence-corrected chi connectivity index (χ0v) is 13.1. The first-order valence-corrected chi connectivity index (χ1v) is 6.12. The first-order valence-electron chi connectivity index (χ1n) is 6.12. The Morgan fingerprint density at radius 2 is 1.86 bits per heavy atom. The van der Waals surface area contributed by atoms with Crippen LogP contribution in [0.3, 0.4) is 0 Å². The molecule has 0 aliphatic rings. The van der Waals surface area contributed by atoms with E-state index in [9.17, 15) is 0 Å². The van der Waals surface area contributed by atoms with Crippen LogP contribution in [0.1, 0.15) is 12.7 Å². The van der Waals surface area contributed by atoms with E-state index >= 15 is 0 Å². The molecule has 0 spiro atoms. The maximum absolute atomic E-state index is 5.25. The number of aromatic nitrogens is 4. The van der Waals surface area contributed by atoms with Crippen LogP contribution in [0.5, 0.6) is 11.8 Å². The van der Waals surface area contributed by atoms with Crippen molar-refractivity contribution in [3.8, 4) is 23.2 Å². The van der Waals surface area contributed by atoms with E-state index in [1.54, 1.807) is 0 Å². The average molecular weight is 316 g/mol. The number of likely N-dealkylation sites (N-methyl/N-ethyl adjacent to an activating group) is 1. The minimum atomic E-state index is 0. The third-order valence-corrected chi connectivity index (χ3v) is 2.83. The van der Waals surface area contributed by atoms with Crippen molar-refractivity contribution >= 4 is 12.4 Å². The largest absolute Gasteiger partial charge is 0.480 e. The third-order valence-electron chi connectivity index (χ3n) is 2.83. The molecule has 0 aliphatic heterocycles. The van der Waals surface area contributed by atoms with Gasteiger partial charge < -0.3 is 19.3 Å². The fourth-order valence-corrected chi connectivity index (χ4v) is 1.66. The van der Waals surface area contributed by atoms with Crippen LogP contribution in [0.25, 0.3) is 11.5 Å². The highest BCUT2D eigenvalue weighted by Crippen LogP contribution is 2.33. The maximum Gasteiger partial charge on any atom is 0.268 e. The minimum Gasteiger partial charge on any atom is -0.480 e. The molecule has 0 aliphatic carbocycles. The summed E-state index contributed by atoms with van der Waals surface area (Å²) in [6.45, 7) is 2.03. The van der Waals surface area contributed by atoms with Gasteiger partial charge in [0.15, 0.2) is 11.4 Å². The average Bonchev–Trinajstić information content (AvgIpc) is 2.94. The Bertz CT molecular complexity index is 556. The van der Waals surface area contributed by atoms with Crippen molar-refractivity contribution in [2.45, 2.75) is 19.4 Å². The quantitative estimate of drug-likeness (QED) is 0.847. The van der Waals surface area contributed by atoms with Crippen LogP contribution < -0.4 is 14.8 Å². The molecule has 1 N–H and O–H groups in total. The highest BCUT2D eigenvalue weighted by Gasteiger charge is 2.21. The Hall–Kier alpha value is -1.93. The normalized spacial score (nSPS) is 11.6. The number of hydrogen-bond acceptors (Lipinski definition) is 8. The van der Waals surface area contributed by atoms with Crippen molar-refractivity contribution in [2.75, 3.05) is 21.3 Å². The van der Waals surface area contributed by atoms with Crippen LogP contribution in [-0.4, -0.2) is 47.4 Å². The van der Waals surface area contributed by atoms with E-state index in [2.05, 4.69) is 25.4 Å². The molecular formula is C12H18ClN5O3. The predicted molar refractivity (Wildman–Crippen MR) is 77.9 cm³/mol. The summed E-state index contributed by atoms with van der Waals surface area (Å²) >= 11 is 0. The second kappa shape index (κ2) is 7.75. The van der Waals surface area contributed by atoms with Crippen LogP contribution in [0.4, 0.5) is 0 Å². The monoisotopic (exact) mass is 315 g/mol. The number of hydrogen-bond donors (Lipinski definition) is 1. The van der Waals surface area contributed by atoms with Gasteiger partial charge in [0, 0.05) is 12.5 Å². The van der Waals surface area contributed by atoms with E-state index in [0.717, 1.165) is 0 Å². The first-order chi connectivity index (χ1) is 9.69. The highest BCUT2D eigenvalue weighted by molar-refractivity contribution is 5.85. The van der Waals surface area contributed by atoms with Crippen molar-refractivity contribution in [1.82, 2.24) is 25.4 Å². The summed E-state index contributed by atoms with van der Waals surface area (Å²) in [7, 11) is 4.89. The summed E-state index contributed by atoms with van der Waals surface area (Å²) in [4.78, 5) is 12.4. The van der Waals surface area contributed by atoms with Crippen LogP contribution in [0.15, 0.2) is 10.9 Å². The number of rotatable bonds is 6. The summed E-state index contributed by atoms with van der Waals surface area (Å²) in [5.74, 6) is 1.52. The number of ether oxygens (including phenoxy) is 2. The molecule has 9 heteroatoms. The fourth-order valence-electron chi connectivity index (χ4n) is 1.66. The van der Waals surface area contributed by atoms with Crippen LogP contribution in [0, 0.1) is 0 Å². The van der Waals surface area contributed by atoms with Gasteiger partial charge in [0.1, 0.15) is 6.33 Å². The number of nitrogens with zero attached hydrogens (tertiary/aromatic N) is 4. The third kappa shape index (κ3) is 3.79. The Morgan fingerprint density at radius 3 is 2.38 bits per heavy atom.